The van der Waals surface area contributed by atoms with Crippen LogP contribution in [0, 0.1) is 0 Å². The third-order valence-corrected chi connectivity index (χ3v) is 3.34. The number of halogens is 2. The smallest absolute Gasteiger partial charge is 0.147 e. The second kappa shape index (κ2) is 11.0. The first-order chi connectivity index (χ1) is 7.22. The normalized spacial score (nSPS) is 12.7. The van der Waals surface area contributed by atoms with Gasteiger partial charge in [0, 0.05) is 38.8 Å². The van der Waals surface area contributed by atoms with Gasteiger partial charge in [0.05, 0.1) is 6.04 Å². The summed E-state index contributed by atoms with van der Waals surface area (Å²) in [6.07, 6.45) is 6.97. The molecule has 0 aromatic rings. The maximum Gasteiger partial charge on any atom is 0.147 e. The molecular formula is C10H20Br2N2O. The van der Waals surface area contributed by atoms with Gasteiger partial charge in [0.1, 0.15) is 5.78 Å². The molecule has 0 saturated carbocycles. The van der Waals surface area contributed by atoms with Crippen molar-refractivity contribution in [3.63, 3.8) is 0 Å². The lowest BCUT2D eigenvalue weighted by Gasteiger charge is -2.10. The summed E-state index contributed by atoms with van der Waals surface area (Å²) >= 11 is 6.31. The van der Waals surface area contributed by atoms with Crippen molar-refractivity contribution in [1.82, 2.24) is 8.69 Å². The number of rotatable bonds is 10. The van der Waals surface area contributed by atoms with E-state index in [2.05, 4.69) is 41.0 Å². The fourth-order valence-electron chi connectivity index (χ4n) is 1.41. The van der Waals surface area contributed by atoms with Crippen LogP contribution in [0.1, 0.15) is 45.4 Å². The molecule has 0 bridgehead atoms. The van der Waals surface area contributed by atoms with Crippen LogP contribution in [-0.4, -0.2) is 18.4 Å². The minimum Gasteiger partial charge on any atom is -0.298 e. The molecule has 0 fully saturated rings. The molecule has 0 heterocycles. The van der Waals surface area contributed by atoms with Gasteiger partial charge in [0.25, 0.3) is 0 Å². The van der Waals surface area contributed by atoms with Crippen molar-refractivity contribution < 1.29 is 4.79 Å². The number of unbranched alkanes of at least 4 members (excludes halogenated alkanes) is 4. The summed E-state index contributed by atoms with van der Waals surface area (Å²) in [5, 5.41) is 0. The summed E-state index contributed by atoms with van der Waals surface area (Å²) in [5.41, 5.74) is 0. The number of carbonyl (C=O) groups excluding carboxylic acids is 1. The van der Waals surface area contributed by atoms with Crippen LogP contribution in [0.5, 0.6) is 0 Å². The second-order valence-electron chi connectivity index (χ2n) is 3.71. The summed E-state index contributed by atoms with van der Waals surface area (Å²) in [4.78, 5) is 11.1. The van der Waals surface area contributed by atoms with Crippen LogP contribution >= 0.6 is 32.3 Å². The van der Waals surface area contributed by atoms with Crippen molar-refractivity contribution in [2.45, 2.75) is 51.5 Å². The van der Waals surface area contributed by atoms with Gasteiger partial charge in [-0.1, -0.05) is 25.7 Å². The van der Waals surface area contributed by atoms with Gasteiger partial charge in [-0.3, -0.25) is 9.14 Å². The zero-order chi connectivity index (χ0) is 11.5. The van der Waals surface area contributed by atoms with E-state index in [4.69, 9.17) is 0 Å². The molecule has 0 aromatic carbocycles. The maximum absolute atomic E-state index is 11.1. The van der Waals surface area contributed by atoms with Gasteiger partial charge in [-0.25, -0.2) is 4.34 Å². The summed E-state index contributed by atoms with van der Waals surface area (Å²) in [6.45, 7) is 2.65. The molecule has 0 rings (SSSR count). The van der Waals surface area contributed by atoms with E-state index < -0.39 is 0 Å². The Bertz CT molecular complexity index is 168. The molecule has 0 saturated heterocycles. The van der Waals surface area contributed by atoms with Crippen LogP contribution in [0.25, 0.3) is 0 Å². The highest BCUT2D eigenvalue weighted by Gasteiger charge is 2.10. The van der Waals surface area contributed by atoms with E-state index in [0.717, 1.165) is 19.4 Å². The SMILES string of the molecule is CC(=O)C(CCCCCCCNBr)NBr. The molecule has 0 radical (unpaired) electrons. The van der Waals surface area contributed by atoms with Gasteiger partial charge in [-0.15, -0.1) is 0 Å². The Morgan fingerprint density at radius 3 is 2.27 bits per heavy atom. The Labute approximate surface area is 109 Å². The highest BCUT2D eigenvalue weighted by Crippen LogP contribution is 2.08. The number of Topliss-reactive ketones (excluding diaryl/α,β-unsaturated/α-hetero) is 1. The summed E-state index contributed by atoms with van der Waals surface area (Å²) in [5.74, 6) is 0.204. The van der Waals surface area contributed by atoms with Crippen LogP contribution in [0.4, 0.5) is 0 Å². The minimum absolute atomic E-state index is 0.0193. The molecular weight excluding hydrogens is 324 g/mol. The van der Waals surface area contributed by atoms with Crippen LogP contribution in [0.15, 0.2) is 0 Å². The van der Waals surface area contributed by atoms with Crippen molar-refractivity contribution >= 4 is 38.1 Å². The number of carbonyl (C=O) groups is 1. The minimum atomic E-state index is -0.0193. The number of nitrogens with one attached hydrogen (secondary N) is 2. The van der Waals surface area contributed by atoms with Gasteiger partial charge < -0.3 is 0 Å². The Kier molecular flexibility index (Phi) is 11.5. The maximum atomic E-state index is 11.1. The van der Waals surface area contributed by atoms with Crippen molar-refractivity contribution in [1.29, 1.82) is 0 Å². The Morgan fingerprint density at radius 2 is 1.73 bits per heavy atom. The Balaban J connectivity index is 3.25. The monoisotopic (exact) mass is 342 g/mol. The van der Waals surface area contributed by atoms with E-state index in [1.54, 1.807) is 6.92 Å². The van der Waals surface area contributed by atoms with Crippen molar-refractivity contribution in [3.05, 3.63) is 0 Å². The van der Waals surface area contributed by atoms with Crippen molar-refractivity contribution in [3.8, 4) is 0 Å². The van der Waals surface area contributed by atoms with Crippen molar-refractivity contribution in [2.75, 3.05) is 6.54 Å². The third-order valence-electron chi connectivity index (χ3n) is 2.39. The predicted octanol–water partition coefficient (Wildman–Crippen LogP) is 3.08. The van der Waals surface area contributed by atoms with E-state index in [-0.39, 0.29) is 11.8 Å². The molecule has 0 aliphatic rings. The molecule has 15 heavy (non-hydrogen) atoms. The van der Waals surface area contributed by atoms with Gasteiger partial charge in [-0.2, -0.15) is 0 Å². The fraction of sp³-hybridized carbons (Fsp3) is 0.900. The summed E-state index contributed by atoms with van der Waals surface area (Å²) in [7, 11) is 0. The van der Waals surface area contributed by atoms with Crippen LogP contribution in [0.2, 0.25) is 0 Å². The van der Waals surface area contributed by atoms with E-state index >= 15 is 0 Å². The van der Waals surface area contributed by atoms with Crippen LogP contribution in [-0.2, 0) is 4.79 Å². The van der Waals surface area contributed by atoms with Crippen LogP contribution in [0.3, 0.4) is 0 Å². The van der Waals surface area contributed by atoms with Gasteiger partial charge >= 0.3 is 0 Å². The van der Waals surface area contributed by atoms with Crippen molar-refractivity contribution in [2.24, 2.45) is 0 Å². The molecule has 0 amide bonds. The lowest BCUT2D eigenvalue weighted by Crippen LogP contribution is -2.28. The molecule has 1 unspecified atom stereocenters. The fourth-order valence-corrected chi connectivity index (χ4v) is 2.24. The zero-order valence-electron chi connectivity index (χ0n) is 9.19. The average Bonchev–Trinajstić information content (AvgIpc) is 2.21. The summed E-state index contributed by atoms with van der Waals surface area (Å²) < 4.78 is 5.81. The predicted molar refractivity (Wildman–Crippen MR) is 71.2 cm³/mol. The van der Waals surface area contributed by atoms with Gasteiger partial charge in [0.15, 0.2) is 0 Å². The largest absolute Gasteiger partial charge is 0.298 e. The number of hydrogen-bond acceptors (Lipinski definition) is 3. The first-order valence-electron chi connectivity index (χ1n) is 5.42. The number of ketones is 1. The quantitative estimate of drug-likeness (QED) is 0.473. The molecule has 3 nitrogen and oxygen atoms in total. The Hall–Kier alpha value is 0.550. The first-order valence-corrected chi connectivity index (χ1v) is 7.01. The molecule has 0 aromatic heterocycles. The lowest BCUT2D eigenvalue weighted by atomic mass is 10.0. The molecule has 5 heteroatoms. The van der Waals surface area contributed by atoms with E-state index in [0.29, 0.717) is 0 Å². The van der Waals surface area contributed by atoms with E-state index in [1.807, 2.05) is 0 Å². The van der Waals surface area contributed by atoms with Gasteiger partial charge in [0.2, 0.25) is 0 Å². The zero-order valence-corrected chi connectivity index (χ0v) is 12.4. The molecule has 2 N–H and O–H groups in total. The average molecular weight is 344 g/mol. The van der Waals surface area contributed by atoms with E-state index in [1.165, 1.54) is 25.7 Å². The standard InChI is InChI=1S/C10H20Br2N2O/c1-9(15)10(14-12)7-5-3-2-4-6-8-13-11/h10,13-14H,2-8H2,1H3. The number of hydrogen-bond donors (Lipinski definition) is 2. The van der Waals surface area contributed by atoms with Crippen LogP contribution < -0.4 is 8.69 Å². The lowest BCUT2D eigenvalue weighted by molar-refractivity contribution is -0.118. The molecule has 0 aliphatic heterocycles. The molecule has 1 atom stereocenters. The van der Waals surface area contributed by atoms with E-state index in [9.17, 15) is 4.79 Å². The van der Waals surface area contributed by atoms with Gasteiger partial charge in [-0.05, 0) is 19.8 Å². The first kappa shape index (κ1) is 15.6. The second-order valence-corrected chi connectivity index (χ2v) is 4.73. The topological polar surface area (TPSA) is 41.1 Å². The Morgan fingerprint density at radius 1 is 1.13 bits per heavy atom. The third kappa shape index (κ3) is 9.48. The molecule has 0 aliphatic carbocycles. The molecule has 90 valence electrons. The highest BCUT2D eigenvalue weighted by molar-refractivity contribution is 9.08. The summed E-state index contributed by atoms with van der Waals surface area (Å²) in [6, 6.07) is -0.0193. The highest BCUT2D eigenvalue weighted by atomic mass is 79.9. The molecule has 0 spiro atoms.